The first-order valence-electron chi connectivity index (χ1n) is 7.18. The summed E-state index contributed by atoms with van der Waals surface area (Å²) in [5.41, 5.74) is 5.48. The fraction of sp³-hybridized carbons (Fsp3) is 0.167. The number of anilines is 1. The van der Waals surface area contributed by atoms with Gasteiger partial charge in [-0.2, -0.15) is 0 Å². The van der Waals surface area contributed by atoms with E-state index in [1.54, 1.807) is 0 Å². The first-order chi connectivity index (χ1) is 11.8. The van der Waals surface area contributed by atoms with Gasteiger partial charge < -0.3 is 11.1 Å². The van der Waals surface area contributed by atoms with E-state index in [-0.39, 0.29) is 34.0 Å². The van der Waals surface area contributed by atoms with Crippen molar-refractivity contribution < 1.29 is 16.3 Å². The minimum Gasteiger partial charge on any atom is -0.364 e. The SMILES string of the molecule is [2H]C([2H])(CN)Nc1nonc1-c1noc(=O)n1-c1ccc(F)c(Br)c1. The van der Waals surface area contributed by atoms with Crippen LogP contribution in [0.15, 0.2) is 36.6 Å². The highest BCUT2D eigenvalue weighted by molar-refractivity contribution is 9.10. The van der Waals surface area contributed by atoms with Gasteiger partial charge >= 0.3 is 5.76 Å². The second kappa shape index (κ2) is 6.30. The van der Waals surface area contributed by atoms with Gasteiger partial charge in [0.25, 0.3) is 0 Å². The number of nitrogens with one attached hydrogen (secondary N) is 1. The Hall–Kier alpha value is -2.53. The van der Waals surface area contributed by atoms with Crippen LogP contribution in [0.1, 0.15) is 2.74 Å². The normalized spacial score (nSPS) is 12.8. The van der Waals surface area contributed by atoms with Crippen LogP contribution in [0.5, 0.6) is 0 Å². The van der Waals surface area contributed by atoms with Crippen LogP contribution in [0, 0.1) is 5.82 Å². The smallest absolute Gasteiger partial charge is 0.364 e. The van der Waals surface area contributed by atoms with E-state index in [9.17, 15) is 9.18 Å². The van der Waals surface area contributed by atoms with E-state index in [0.717, 1.165) is 10.6 Å². The van der Waals surface area contributed by atoms with Crippen LogP contribution >= 0.6 is 15.9 Å². The minimum absolute atomic E-state index is 0.0800. The summed E-state index contributed by atoms with van der Waals surface area (Å²) in [6.45, 7) is -2.35. The fourth-order valence-electron chi connectivity index (χ4n) is 1.80. The van der Waals surface area contributed by atoms with Gasteiger partial charge in [0.1, 0.15) is 5.82 Å². The predicted molar refractivity (Wildman–Crippen MR) is 80.6 cm³/mol. The number of halogens is 2. The van der Waals surface area contributed by atoms with Gasteiger partial charge in [-0.15, -0.1) is 0 Å². The molecule has 11 heteroatoms. The standard InChI is InChI=1S/C12H10BrFN6O3/c13-7-5-6(1-2-8(7)14)20-11(19-22-12(20)21)9-10(16-4-3-15)18-23-17-9/h1-2,5H,3-4,15H2,(H,16,18)/i4D2. The highest BCUT2D eigenvalue weighted by Gasteiger charge is 2.22. The van der Waals surface area contributed by atoms with E-state index >= 15 is 0 Å². The summed E-state index contributed by atoms with van der Waals surface area (Å²) in [5, 5.41) is 13.2. The summed E-state index contributed by atoms with van der Waals surface area (Å²) in [6, 6.07) is 3.83. The van der Waals surface area contributed by atoms with Gasteiger partial charge in [0.05, 0.1) is 12.9 Å². The van der Waals surface area contributed by atoms with E-state index in [0.29, 0.717) is 0 Å². The topological polar surface area (TPSA) is 125 Å². The van der Waals surface area contributed by atoms with Crippen molar-refractivity contribution in [3.8, 4) is 17.2 Å². The van der Waals surface area contributed by atoms with E-state index in [1.807, 2.05) is 0 Å². The number of nitrogens with two attached hydrogens (primary N) is 1. The van der Waals surface area contributed by atoms with Crippen molar-refractivity contribution in [2.45, 2.75) is 0 Å². The quantitative estimate of drug-likeness (QED) is 0.668. The van der Waals surface area contributed by atoms with Gasteiger partial charge in [-0.05, 0) is 44.4 Å². The molecule has 0 saturated carbocycles. The third kappa shape index (κ3) is 2.87. The summed E-state index contributed by atoms with van der Waals surface area (Å²) in [6.07, 6.45) is 0. The van der Waals surface area contributed by atoms with Gasteiger partial charge in [-0.1, -0.05) is 5.16 Å². The zero-order valence-electron chi connectivity index (χ0n) is 13.3. The second-order valence-corrected chi connectivity index (χ2v) is 5.03. The van der Waals surface area contributed by atoms with Crippen LogP contribution in [0.25, 0.3) is 17.2 Å². The second-order valence-electron chi connectivity index (χ2n) is 4.17. The molecule has 3 rings (SSSR count). The number of nitrogens with zero attached hydrogens (tertiary/aromatic N) is 4. The van der Waals surface area contributed by atoms with Crippen molar-refractivity contribution >= 4 is 21.7 Å². The Balaban J connectivity index is 2.11. The minimum atomic E-state index is -2.00. The molecule has 0 radical (unpaired) electrons. The Morgan fingerprint density at radius 2 is 2.26 bits per heavy atom. The Morgan fingerprint density at radius 1 is 1.43 bits per heavy atom. The lowest BCUT2D eigenvalue weighted by Crippen LogP contribution is -2.16. The molecule has 0 saturated heterocycles. The maximum atomic E-state index is 13.4. The molecule has 0 fully saturated rings. The van der Waals surface area contributed by atoms with E-state index in [4.69, 9.17) is 8.48 Å². The molecule has 2 heterocycles. The Bertz CT molecular complexity index is 972. The lowest BCUT2D eigenvalue weighted by molar-refractivity contribution is 0.309. The molecule has 0 spiro atoms. The van der Waals surface area contributed by atoms with Gasteiger partial charge in [0.15, 0.2) is 5.69 Å². The molecule has 0 bridgehead atoms. The van der Waals surface area contributed by atoms with Crippen LogP contribution in [0.3, 0.4) is 0 Å². The molecule has 2 aromatic heterocycles. The first-order valence-corrected chi connectivity index (χ1v) is 6.97. The molecular formula is C12H10BrFN6O3. The van der Waals surface area contributed by atoms with Crippen molar-refractivity contribution in [3.63, 3.8) is 0 Å². The van der Waals surface area contributed by atoms with Crippen molar-refractivity contribution in [1.29, 1.82) is 0 Å². The summed E-state index contributed by atoms with van der Waals surface area (Å²) in [5.74, 6) is -1.61. The van der Waals surface area contributed by atoms with Gasteiger partial charge in [-0.3, -0.25) is 4.52 Å². The van der Waals surface area contributed by atoms with Crippen molar-refractivity contribution in [3.05, 3.63) is 39.0 Å². The Labute approximate surface area is 139 Å². The first kappa shape index (κ1) is 13.0. The third-order valence-corrected chi connectivity index (χ3v) is 3.38. The van der Waals surface area contributed by atoms with E-state index in [1.165, 1.54) is 12.1 Å². The van der Waals surface area contributed by atoms with Crippen LogP contribution in [0.2, 0.25) is 0 Å². The lowest BCUT2D eigenvalue weighted by Gasteiger charge is -2.05. The van der Waals surface area contributed by atoms with Crippen LogP contribution in [-0.4, -0.2) is 33.1 Å². The molecule has 0 aliphatic rings. The number of benzene rings is 1. The maximum absolute atomic E-state index is 13.4. The zero-order chi connectivity index (χ0) is 18.2. The van der Waals surface area contributed by atoms with Crippen LogP contribution < -0.4 is 16.8 Å². The number of rotatable bonds is 5. The fourth-order valence-corrected chi connectivity index (χ4v) is 2.17. The molecule has 0 aliphatic carbocycles. The third-order valence-electron chi connectivity index (χ3n) is 2.78. The Kier molecular flexibility index (Phi) is 3.55. The summed E-state index contributed by atoms with van der Waals surface area (Å²) in [7, 11) is 0. The van der Waals surface area contributed by atoms with E-state index < -0.39 is 18.1 Å². The highest BCUT2D eigenvalue weighted by atomic mass is 79.9. The van der Waals surface area contributed by atoms with E-state index in [2.05, 4.69) is 45.9 Å². The molecule has 1 aromatic carbocycles. The molecule has 0 amide bonds. The molecule has 120 valence electrons. The molecule has 0 atom stereocenters. The Morgan fingerprint density at radius 3 is 3.00 bits per heavy atom. The van der Waals surface area contributed by atoms with Gasteiger partial charge in [-0.25, -0.2) is 18.4 Å². The molecule has 3 aromatic rings. The molecule has 0 aliphatic heterocycles. The summed E-state index contributed by atoms with van der Waals surface area (Å²) >= 11 is 3.03. The van der Waals surface area contributed by atoms with Crippen LogP contribution in [0.4, 0.5) is 10.2 Å². The monoisotopic (exact) mass is 386 g/mol. The molecule has 23 heavy (non-hydrogen) atoms. The average Bonchev–Trinajstić information content (AvgIpc) is 3.16. The predicted octanol–water partition coefficient (Wildman–Crippen LogP) is 1.15. The van der Waals surface area contributed by atoms with Gasteiger partial charge in [0.2, 0.25) is 11.6 Å². The number of hydrogen-bond acceptors (Lipinski definition) is 8. The molecule has 9 nitrogen and oxygen atoms in total. The van der Waals surface area contributed by atoms with Crippen molar-refractivity contribution in [1.82, 2.24) is 20.0 Å². The molecule has 3 N–H and O–H groups in total. The zero-order valence-corrected chi connectivity index (χ0v) is 12.9. The lowest BCUT2D eigenvalue weighted by atomic mass is 10.3. The average molecular weight is 387 g/mol. The maximum Gasteiger partial charge on any atom is 0.446 e. The highest BCUT2D eigenvalue weighted by Crippen LogP contribution is 2.25. The van der Waals surface area contributed by atoms with Crippen LogP contribution in [-0.2, 0) is 0 Å². The van der Waals surface area contributed by atoms with Crippen molar-refractivity contribution in [2.24, 2.45) is 5.73 Å². The molecular weight excluding hydrogens is 375 g/mol. The van der Waals surface area contributed by atoms with Gasteiger partial charge in [0, 0.05) is 13.0 Å². The largest absolute Gasteiger partial charge is 0.446 e. The number of hydrogen-bond donors (Lipinski definition) is 2. The number of aromatic nitrogens is 4. The molecule has 0 unspecified atom stereocenters. The van der Waals surface area contributed by atoms with Crippen molar-refractivity contribution in [2.75, 3.05) is 18.4 Å². The summed E-state index contributed by atoms with van der Waals surface area (Å²) < 4.78 is 39.1. The summed E-state index contributed by atoms with van der Waals surface area (Å²) in [4.78, 5) is 12.0.